The van der Waals surface area contributed by atoms with Crippen LogP contribution >= 0.6 is 30.5 Å². The van der Waals surface area contributed by atoms with Gasteiger partial charge in [-0.05, 0) is 84.4 Å². The molecule has 5 rings (SSSR count). The van der Waals surface area contributed by atoms with Gasteiger partial charge in [-0.3, -0.25) is 9.59 Å². The van der Waals surface area contributed by atoms with Gasteiger partial charge in [-0.1, -0.05) is 84.4 Å². The van der Waals surface area contributed by atoms with Crippen LogP contribution in [-0.2, 0) is 4.79 Å². The Kier molecular flexibility index (Phi) is 8.96. The highest BCUT2D eigenvalue weighted by atomic mass is 35.5. The van der Waals surface area contributed by atoms with E-state index in [1.54, 1.807) is 48.5 Å². The highest BCUT2D eigenvalue weighted by Gasteiger charge is 2.52. The van der Waals surface area contributed by atoms with Gasteiger partial charge in [-0.2, -0.15) is 0 Å². The van der Waals surface area contributed by atoms with Crippen LogP contribution in [0.5, 0.6) is 0 Å². The molecule has 7 heteroatoms. The molecule has 0 saturated heterocycles. The Balaban J connectivity index is 1.78. The average molecular weight is 596 g/mol. The van der Waals surface area contributed by atoms with Crippen LogP contribution in [0.1, 0.15) is 10.4 Å². The summed E-state index contributed by atoms with van der Waals surface area (Å²) in [6.07, 6.45) is 0. The Bertz CT molecular complexity index is 1570. The predicted octanol–water partition coefficient (Wildman–Crippen LogP) is 7.11. The molecule has 5 aromatic carbocycles. The van der Waals surface area contributed by atoms with Crippen LogP contribution in [0.15, 0.2) is 156 Å². The number of benzene rings is 5. The van der Waals surface area contributed by atoms with Crippen molar-refractivity contribution < 1.29 is 9.59 Å². The van der Waals surface area contributed by atoms with E-state index in [1.165, 1.54) is 0 Å². The Labute approximate surface area is 250 Å². The molecular weight excluding hydrogens is 570 g/mol. The van der Waals surface area contributed by atoms with Gasteiger partial charge >= 0.3 is 0 Å². The summed E-state index contributed by atoms with van der Waals surface area (Å²) in [5.74, 6) is -0.994. The fraction of sp³-hybridized carbons (Fsp3) is 0. The molecule has 0 aromatic heterocycles. The second kappa shape index (κ2) is 13.0. The van der Waals surface area contributed by atoms with Crippen molar-refractivity contribution in [1.29, 1.82) is 0 Å². The standard InChI is InChI=1S/C34H25Cl2N2O2P/c35-26-21-23-27(24-22-26)37-34(40)31(38-33(39)25-13-5-1-6-14-25)32(36)41(28-15-7-2-8-16-28,29-17-9-3-10-18-29)30-19-11-4-12-20-30/h1-24H,(H-,37,38,39,40)/p+1. The molecule has 2 amide bonds. The van der Waals surface area contributed by atoms with Gasteiger partial charge in [0.1, 0.15) is 15.9 Å². The second-order valence-corrected chi connectivity index (χ2v) is 13.5. The largest absolute Gasteiger partial charge is 0.321 e. The second-order valence-electron chi connectivity index (χ2n) is 9.12. The zero-order chi connectivity index (χ0) is 28.7. The van der Waals surface area contributed by atoms with Gasteiger partial charge in [0, 0.05) is 16.3 Å². The van der Waals surface area contributed by atoms with Crippen molar-refractivity contribution in [3.8, 4) is 0 Å². The molecule has 0 unspecified atom stereocenters. The topological polar surface area (TPSA) is 58.2 Å². The minimum absolute atomic E-state index is 0.0274. The number of carbonyl (C=O) groups excluding carboxylic acids is 2. The number of anilines is 1. The Morgan fingerprint density at radius 2 is 0.976 bits per heavy atom. The quantitative estimate of drug-likeness (QED) is 0.148. The molecular formula is C34H26Cl2N2O2P+. The van der Waals surface area contributed by atoms with Crippen molar-refractivity contribution in [2.24, 2.45) is 0 Å². The molecule has 0 atom stereocenters. The number of carbonyl (C=O) groups is 2. The normalized spacial score (nSPS) is 11.8. The van der Waals surface area contributed by atoms with E-state index in [2.05, 4.69) is 10.6 Å². The van der Waals surface area contributed by atoms with Gasteiger partial charge < -0.3 is 10.6 Å². The predicted molar refractivity (Wildman–Crippen MR) is 172 cm³/mol. The van der Waals surface area contributed by atoms with Gasteiger partial charge in [0.15, 0.2) is 13.0 Å². The first kappa shape index (κ1) is 28.3. The summed E-state index contributed by atoms with van der Waals surface area (Å²) in [6, 6.07) is 45.1. The third-order valence-electron chi connectivity index (χ3n) is 6.53. The average Bonchev–Trinajstić information content (AvgIpc) is 3.03. The van der Waals surface area contributed by atoms with Gasteiger partial charge in [0.25, 0.3) is 11.8 Å². The van der Waals surface area contributed by atoms with Crippen molar-refractivity contribution in [2.75, 3.05) is 5.32 Å². The van der Waals surface area contributed by atoms with Crippen molar-refractivity contribution >= 4 is 63.9 Å². The maximum absolute atomic E-state index is 14.1. The molecule has 0 aliphatic heterocycles. The first-order valence-corrected chi connectivity index (χ1v) is 15.4. The number of amides is 2. The van der Waals surface area contributed by atoms with E-state index >= 15 is 0 Å². The van der Waals surface area contributed by atoms with Crippen molar-refractivity contribution in [2.45, 2.75) is 0 Å². The summed E-state index contributed by atoms with van der Waals surface area (Å²) in [7, 11) is -2.87. The summed E-state index contributed by atoms with van der Waals surface area (Å²) < 4.78 is 0.247. The van der Waals surface area contributed by atoms with Gasteiger partial charge in [0.2, 0.25) is 4.77 Å². The summed E-state index contributed by atoms with van der Waals surface area (Å²) in [6.45, 7) is 0. The molecule has 5 aromatic rings. The Hall–Kier alpha value is -4.21. The summed E-state index contributed by atoms with van der Waals surface area (Å²) >= 11 is 13.6. The van der Waals surface area contributed by atoms with Crippen molar-refractivity contribution in [3.63, 3.8) is 0 Å². The van der Waals surface area contributed by atoms with Gasteiger partial charge in [-0.25, -0.2) is 0 Å². The zero-order valence-electron chi connectivity index (χ0n) is 21.9. The third-order valence-corrected chi connectivity index (χ3v) is 11.8. The van der Waals surface area contributed by atoms with Crippen LogP contribution in [0.25, 0.3) is 0 Å². The lowest BCUT2D eigenvalue weighted by Gasteiger charge is -2.28. The maximum Gasteiger partial charge on any atom is 0.277 e. The smallest absolute Gasteiger partial charge is 0.277 e. The van der Waals surface area contributed by atoms with Crippen molar-refractivity contribution in [1.82, 2.24) is 5.32 Å². The van der Waals surface area contributed by atoms with Crippen LogP contribution in [0, 0.1) is 0 Å². The van der Waals surface area contributed by atoms with Crippen LogP contribution in [0.4, 0.5) is 5.69 Å². The van der Waals surface area contributed by atoms with E-state index < -0.39 is 19.1 Å². The molecule has 202 valence electrons. The molecule has 0 fully saturated rings. The molecule has 41 heavy (non-hydrogen) atoms. The SMILES string of the molecule is O=C(Nc1ccc(Cl)cc1)C(NC(=O)c1ccccc1)=C(Cl)[P+](c1ccccc1)(c1ccccc1)c1ccccc1. The number of rotatable bonds is 8. The monoisotopic (exact) mass is 595 g/mol. The zero-order valence-corrected chi connectivity index (χ0v) is 24.3. The molecule has 0 aliphatic rings. The van der Waals surface area contributed by atoms with Gasteiger partial charge in [-0.15, -0.1) is 0 Å². The molecule has 0 spiro atoms. The van der Waals surface area contributed by atoms with E-state index in [0.717, 1.165) is 15.9 Å². The highest BCUT2D eigenvalue weighted by molar-refractivity contribution is 8.00. The minimum atomic E-state index is -2.87. The fourth-order valence-electron chi connectivity index (χ4n) is 4.61. The molecule has 0 aliphatic carbocycles. The van der Waals surface area contributed by atoms with Crippen LogP contribution in [-0.4, -0.2) is 11.8 Å². The molecule has 0 heterocycles. The number of hydrogen-bond donors (Lipinski definition) is 2. The van der Waals surface area contributed by atoms with Crippen LogP contribution in [0.2, 0.25) is 5.02 Å². The van der Waals surface area contributed by atoms with E-state index in [-0.39, 0.29) is 10.5 Å². The fourth-order valence-corrected chi connectivity index (χ4v) is 9.68. The van der Waals surface area contributed by atoms with Crippen LogP contribution < -0.4 is 26.5 Å². The molecule has 2 N–H and O–H groups in total. The summed E-state index contributed by atoms with van der Waals surface area (Å²) in [5.41, 5.74) is 0.885. The lowest BCUT2D eigenvalue weighted by Crippen LogP contribution is -2.37. The number of halogens is 2. The van der Waals surface area contributed by atoms with E-state index in [0.29, 0.717) is 16.3 Å². The highest BCUT2D eigenvalue weighted by Crippen LogP contribution is 2.64. The molecule has 0 bridgehead atoms. The number of hydrogen-bond acceptors (Lipinski definition) is 2. The first-order chi connectivity index (χ1) is 20.0. The van der Waals surface area contributed by atoms with Crippen LogP contribution in [0.3, 0.4) is 0 Å². The summed E-state index contributed by atoms with van der Waals surface area (Å²) in [5, 5.41) is 9.13. The third kappa shape index (κ3) is 6.11. The Morgan fingerprint density at radius 3 is 1.41 bits per heavy atom. The number of nitrogens with one attached hydrogen (secondary N) is 2. The van der Waals surface area contributed by atoms with E-state index in [1.807, 2.05) is 97.1 Å². The lowest BCUT2D eigenvalue weighted by atomic mass is 10.2. The molecule has 0 saturated carbocycles. The van der Waals surface area contributed by atoms with Gasteiger partial charge in [0.05, 0.1) is 0 Å². The molecule has 0 radical (unpaired) electrons. The lowest BCUT2D eigenvalue weighted by molar-refractivity contribution is -0.113. The summed E-state index contributed by atoms with van der Waals surface area (Å²) in [4.78, 5) is 27.6. The van der Waals surface area contributed by atoms with E-state index in [4.69, 9.17) is 23.2 Å². The van der Waals surface area contributed by atoms with Crippen molar-refractivity contribution in [3.05, 3.63) is 167 Å². The Morgan fingerprint density at radius 1 is 0.561 bits per heavy atom. The first-order valence-electron chi connectivity index (χ1n) is 12.9. The van der Waals surface area contributed by atoms with E-state index in [9.17, 15) is 9.59 Å². The maximum atomic E-state index is 14.1. The minimum Gasteiger partial charge on any atom is -0.321 e. The molecule has 4 nitrogen and oxygen atoms in total.